The summed E-state index contributed by atoms with van der Waals surface area (Å²) in [7, 11) is 1.60. The Kier molecular flexibility index (Phi) is 6.87. The molecule has 1 saturated heterocycles. The van der Waals surface area contributed by atoms with Crippen LogP contribution in [0.5, 0.6) is 11.5 Å². The number of fused-ring (bicyclic) bond motifs is 1. The van der Waals surface area contributed by atoms with E-state index in [0.717, 1.165) is 50.8 Å². The van der Waals surface area contributed by atoms with Gasteiger partial charge in [-0.15, -0.1) is 0 Å². The average Bonchev–Trinajstić information content (AvgIpc) is 3.23. The third-order valence-electron chi connectivity index (χ3n) is 6.17. The van der Waals surface area contributed by atoms with Crippen molar-refractivity contribution in [2.45, 2.75) is 38.5 Å². The number of Topliss-reactive ketones (excluding diaryl/α,β-unsaturated/α-hetero) is 1. The highest BCUT2D eigenvalue weighted by atomic mass is 16.5. The van der Waals surface area contributed by atoms with Gasteiger partial charge in [-0.2, -0.15) is 5.10 Å². The summed E-state index contributed by atoms with van der Waals surface area (Å²) < 4.78 is 11.3. The van der Waals surface area contributed by atoms with E-state index in [1.54, 1.807) is 26.2 Å². The second-order valence-electron chi connectivity index (χ2n) is 8.25. The summed E-state index contributed by atoms with van der Waals surface area (Å²) >= 11 is 0. The molecule has 1 aromatic heterocycles. The number of aromatic amines is 1. The molecule has 4 rings (SSSR count). The summed E-state index contributed by atoms with van der Waals surface area (Å²) in [6, 6.07) is 13.7. The zero-order valence-electron chi connectivity index (χ0n) is 18.4. The first kappa shape index (κ1) is 21.4. The second kappa shape index (κ2) is 9.96. The monoisotopic (exact) mass is 421 g/mol. The lowest BCUT2D eigenvalue weighted by Crippen LogP contribution is -2.34. The molecule has 0 amide bonds. The third kappa shape index (κ3) is 5.07. The number of hydrogen-bond donors (Lipinski definition) is 1. The van der Waals surface area contributed by atoms with E-state index in [1.807, 2.05) is 12.1 Å². The van der Waals surface area contributed by atoms with Crippen LogP contribution in [0.2, 0.25) is 0 Å². The standard InChI is InChI=1S/C25H31N3O3/c1-18(29)20-9-10-23(24(17-20)30-2)31-16-6-5-13-28-14-11-19(12-15-28)25-21-7-3-4-8-22(21)26-27-25/h3-4,7-10,17,19H,5-6,11-16H2,1-2H3,(H,26,27). The average molecular weight is 422 g/mol. The van der Waals surface area contributed by atoms with Crippen LogP contribution in [0.1, 0.15) is 54.6 Å². The van der Waals surface area contributed by atoms with Gasteiger partial charge in [-0.25, -0.2) is 0 Å². The van der Waals surface area contributed by atoms with E-state index in [2.05, 4.69) is 33.3 Å². The lowest BCUT2D eigenvalue weighted by molar-refractivity contribution is 0.101. The quantitative estimate of drug-likeness (QED) is 0.397. The van der Waals surface area contributed by atoms with Crippen LogP contribution in [-0.4, -0.2) is 54.2 Å². The Labute approximate surface area is 183 Å². The Balaban J connectivity index is 1.18. The number of carbonyl (C=O) groups excluding carboxylic acids is 1. The number of methoxy groups -OCH3 is 1. The van der Waals surface area contributed by atoms with Gasteiger partial charge in [0.2, 0.25) is 0 Å². The number of carbonyl (C=O) groups is 1. The molecule has 3 aromatic rings. The lowest BCUT2D eigenvalue weighted by atomic mass is 9.91. The zero-order chi connectivity index (χ0) is 21.6. The Morgan fingerprint density at radius 3 is 2.71 bits per heavy atom. The molecule has 0 bridgehead atoms. The molecule has 31 heavy (non-hydrogen) atoms. The van der Waals surface area contributed by atoms with Crippen molar-refractivity contribution in [1.82, 2.24) is 15.1 Å². The largest absolute Gasteiger partial charge is 0.493 e. The maximum Gasteiger partial charge on any atom is 0.161 e. The Morgan fingerprint density at radius 2 is 1.94 bits per heavy atom. The number of aromatic nitrogens is 2. The van der Waals surface area contributed by atoms with Gasteiger partial charge in [-0.05, 0) is 76.5 Å². The molecule has 164 valence electrons. The van der Waals surface area contributed by atoms with Crippen molar-refractivity contribution in [2.75, 3.05) is 33.4 Å². The summed E-state index contributed by atoms with van der Waals surface area (Å²) in [6.45, 7) is 5.53. The molecule has 1 N–H and O–H groups in total. The molecule has 0 aliphatic carbocycles. The van der Waals surface area contributed by atoms with Gasteiger partial charge in [0.25, 0.3) is 0 Å². The number of benzene rings is 2. The van der Waals surface area contributed by atoms with Crippen molar-refractivity contribution in [2.24, 2.45) is 0 Å². The van der Waals surface area contributed by atoms with Crippen LogP contribution in [-0.2, 0) is 0 Å². The van der Waals surface area contributed by atoms with E-state index in [0.29, 0.717) is 29.6 Å². The van der Waals surface area contributed by atoms with Gasteiger partial charge < -0.3 is 14.4 Å². The highest BCUT2D eigenvalue weighted by Gasteiger charge is 2.23. The maximum absolute atomic E-state index is 11.5. The molecule has 1 aliphatic heterocycles. The first-order valence-corrected chi connectivity index (χ1v) is 11.1. The Bertz CT molecular complexity index is 1020. The molecular weight excluding hydrogens is 390 g/mol. The number of hydrogen-bond acceptors (Lipinski definition) is 5. The minimum atomic E-state index is 0.0223. The van der Waals surface area contributed by atoms with E-state index in [9.17, 15) is 4.79 Å². The number of likely N-dealkylation sites (tertiary alicyclic amines) is 1. The molecule has 0 saturated carbocycles. The molecule has 1 aliphatic rings. The van der Waals surface area contributed by atoms with Crippen LogP contribution in [0.15, 0.2) is 42.5 Å². The van der Waals surface area contributed by atoms with Crippen molar-refractivity contribution >= 4 is 16.7 Å². The first-order valence-electron chi connectivity index (χ1n) is 11.1. The molecule has 2 aromatic carbocycles. The summed E-state index contributed by atoms with van der Waals surface area (Å²) in [5.41, 5.74) is 3.00. The van der Waals surface area contributed by atoms with E-state index in [4.69, 9.17) is 9.47 Å². The van der Waals surface area contributed by atoms with Crippen molar-refractivity contribution in [3.05, 3.63) is 53.7 Å². The zero-order valence-corrected chi connectivity index (χ0v) is 18.4. The number of ether oxygens (including phenoxy) is 2. The van der Waals surface area contributed by atoms with Crippen LogP contribution < -0.4 is 9.47 Å². The number of piperidine rings is 1. The minimum absolute atomic E-state index is 0.0223. The first-order chi connectivity index (χ1) is 15.2. The van der Waals surface area contributed by atoms with E-state index in [-0.39, 0.29) is 5.78 Å². The van der Waals surface area contributed by atoms with Gasteiger partial charge in [0.05, 0.1) is 24.9 Å². The molecule has 1 fully saturated rings. The molecule has 2 heterocycles. The van der Waals surface area contributed by atoms with Gasteiger partial charge in [0.1, 0.15) is 0 Å². The van der Waals surface area contributed by atoms with Gasteiger partial charge in [-0.1, -0.05) is 18.2 Å². The fraction of sp³-hybridized carbons (Fsp3) is 0.440. The topological polar surface area (TPSA) is 67.5 Å². The van der Waals surface area contributed by atoms with E-state index < -0.39 is 0 Å². The lowest BCUT2D eigenvalue weighted by Gasteiger charge is -2.31. The molecule has 6 heteroatoms. The second-order valence-corrected chi connectivity index (χ2v) is 8.25. The number of nitrogens with one attached hydrogen (secondary N) is 1. The highest BCUT2D eigenvalue weighted by molar-refractivity contribution is 5.94. The van der Waals surface area contributed by atoms with Gasteiger partial charge in [0.15, 0.2) is 17.3 Å². The van der Waals surface area contributed by atoms with Crippen molar-refractivity contribution < 1.29 is 14.3 Å². The minimum Gasteiger partial charge on any atom is -0.493 e. The van der Waals surface area contributed by atoms with Crippen molar-refractivity contribution in [3.8, 4) is 11.5 Å². The van der Waals surface area contributed by atoms with Gasteiger partial charge in [-0.3, -0.25) is 9.89 Å². The summed E-state index contributed by atoms with van der Waals surface area (Å²) in [5.74, 6) is 1.87. The third-order valence-corrected chi connectivity index (χ3v) is 6.17. The number of H-pyrrole nitrogens is 1. The molecule has 0 unspecified atom stereocenters. The van der Waals surface area contributed by atoms with Gasteiger partial charge in [0, 0.05) is 16.9 Å². The fourth-order valence-corrected chi connectivity index (χ4v) is 4.35. The highest BCUT2D eigenvalue weighted by Crippen LogP contribution is 2.31. The number of nitrogens with zero attached hydrogens (tertiary/aromatic N) is 2. The van der Waals surface area contributed by atoms with Crippen LogP contribution in [0.3, 0.4) is 0 Å². The number of ketones is 1. The van der Waals surface area contributed by atoms with Gasteiger partial charge >= 0.3 is 0 Å². The summed E-state index contributed by atoms with van der Waals surface area (Å²) in [4.78, 5) is 14.1. The molecule has 6 nitrogen and oxygen atoms in total. The van der Waals surface area contributed by atoms with Crippen LogP contribution in [0, 0.1) is 0 Å². The molecular formula is C25H31N3O3. The fourth-order valence-electron chi connectivity index (χ4n) is 4.35. The number of rotatable bonds is 9. The number of unbranched alkanes of at least 4 members (excludes halogenated alkanes) is 1. The maximum atomic E-state index is 11.5. The van der Waals surface area contributed by atoms with Crippen LogP contribution in [0.4, 0.5) is 0 Å². The normalized spacial score (nSPS) is 15.3. The number of para-hydroxylation sites is 1. The Morgan fingerprint density at radius 1 is 1.13 bits per heavy atom. The molecule has 0 atom stereocenters. The van der Waals surface area contributed by atoms with Crippen LogP contribution >= 0.6 is 0 Å². The molecule has 0 radical (unpaired) electrons. The SMILES string of the molecule is COc1cc(C(C)=O)ccc1OCCCCN1CCC(c2n[nH]c3ccccc23)CC1. The summed E-state index contributed by atoms with van der Waals surface area (Å²) in [6.07, 6.45) is 4.40. The van der Waals surface area contributed by atoms with E-state index in [1.165, 1.54) is 11.1 Å². The predicted molar refractivity (Wildman–Crippen MR) is 122 cm³/mol. The van der Waals surface area contributed by atoms with E-state index >= 15 is 0 Å². The van der Waals surface area contributed by atoms with Crippen molar-refractivity contribution in [1.29, 1.82) is 0 Å². The predicted octanol–water partition coefficient (Wildman–Crippen LogP) is 4.81. The smallest absolute Gasteiger partial charge is 0.161 e. The van der Waals surface area contributed by atoms with Crippen molar-refractivity contribution in [3.63, 3.8) is 0 Å². The van der Waals surface area contributed by atoms with Crippen LogP contribution in [0.25, 0.3) is 10.9 Å². The molecule has 0 spiro atoms. The Hall–Kier alpha value is -2.86. The summed E-state index contributed by atoms with van der Waals surface area (Å²) in [5, 5.41) is 9.04.